The molecular weight excluding hydrogens is 284 g/mol. The number of carboxylic acid groups (broad SMARTS) is 1. The van der Waals surface area contributed by atoms with Crippen LogP contribution in [0.15, 0.2) is 24.3 Å². The van der Waals surface area contributed by atoms with Crippen LogP contribution in [0, 0.1) is 0 Å². The van der Waals surface area contributed by atoms with Gasteiger partial charge in [-0.05, 0) is 24.5 Å². The van der Waals surface area contributed by atoms with Crippen LogP contribution in [-0.2, 0) is 20.8 Å². The van der Waals surface area contributed by atoms with Crippen LogP contribution >= 0.6 is 0 Å². The molecule has 6 heteroatoms. The van der Waals surface area contributed by atoms with E-state index < -0.39 is 5.97 Å². The highest BCUT2D eigenvalue weighted by Crippen LogP contribution is 2.27. The molecule has 0 saturated heterocycles. The molecule has 1 aromatic rings. The highest BCUT2D eigenvalue weighted by atomic mass is 16.4. The third-order valence-corrected chi connectivity index (χ3v) is 3.79. The predicted molar refractivity (Wildman–Crippen MR) is 81.6 cm³/mol. The number of aryl methyl sites for hydroxylation is 1. The van der Waals surface area contributed by atoms with E-state index >= 15 is 0 Å². The van der Waals surface area contributed by atoms with Gasteiger partial charge in [0.25, 0.3) is 0 Å². The van der Waals surface area contributed by atoms with E-state index in [1.807, 2.05) is 24.3 Å². The van der Waals surface area contributed by atoms with Crippen molar-refractivity contribution in [3.63, 3.8) is 0 Å². The van der Waals surface area contributed by atoms with E-state index in [9.17, 15) is 14.4 Å². The van der Waals surface area contributed by atoms with Crippen molar-refractivity contribution in [2.24, 2.45) is 0 Å². The Morgan fingerprint density at radius 2 is 2.00 bits per heavy atom. The summed E-state index contributed by atoms with van der Waals surface area (Å²) in [6.45, 7) is 0.369. The molecule has 0 saturated carbocycles. The van der Waals surface area contributed by atoms with Gasteiger partial charge in [-0.25, -0.2) is 0 Å². The average Bonchev–Trinajstić information content (AvgIpc) is 2.49. The lowest BCUT2D eigenvalue weighted by molar-refractivity contribution is -0.137. The number of anilines is 1. The number of hydrogen-bond donors (Lipinski definition) is 1. The Bertz CT molecular complexity index is 585. The molecule has 1 aliphatic rings. The third-order valence-electron chi connectivity index (χ3n) is 3.79. The second-order valence-electron chi connectivity index (χ2n) is 5.42. The van der Waals surface area contributed by atoms with Gasteiger partial charge in [-0.2, -0.15) is 0 Å². The number of carbonyl (C=O) groups is 3. The minimum atomic E-state index is -0.874. The van der Waals surface area contributed by atoms with Gasteiger partial charge in [0.1, 0.15) is 6.54 Å². The fourth-order valence-electron chi connectivity index (χ4n) is 2.52. The molecule has 0 bridgehead atoms. The van der Waals surface area contributed by atoms with Crippen LogP contribution in [0.1, 0.15) is 24.8 Å². The summed E-state index contributed by atoms with van der Waals surface area (Å²) in [6, 6.07) is 7.60. The van der Waals surface area contributed by atoms with Crippen LogP contribution in [0.25, 0.3) is 0 Å². The minimum absolute atomic E-state index is 0.000577. The average molecular weight is 304 g/mol. The van der Waals surface area contributed by atoms with Gasteiger partial charge in [-0.15, -0.1) is 0 Å². The molecule has 6 nitrogen and oxygen atoms in total. The molecule has 0 spiro atoms. The van der Waals surface area contributed by atoms with Gasteiger partial charge >= 0.3 is 5.97 Å². The molecule has 2 amide bonds. The zero-order chi connectivity index (χ0) is 16.1. The largest absolute Gasteiger partial charge is 0.481 e. The number of fused-ring (bicyclic) bond motifs is 1. The second kappa shape index (κ2) is 7.06. The summed E-state index contributed by atoms with van der Waals surface area (Å²) >= 11 is 0. The van der Waals surface area contributed by atoms with Gasteiger partial charge < -0.3 is 14.9 Å². The molecule has 0 radical (unpaired) electrons. The molecular formula is C16H20N2O4. The molecule has 0 fully saturated rings. The van der Waals surface area contributed by atoms with Crippen molar-refractivity contribution >= 4 is 23.5 Å². The molecule has 2 rings (SSSR count). The van der Waals surface area contributed by atoms with E-state index in [2.05, 4.69) is 0 Å². The Labute approximate surface area is 129 Å². The molecule has 1 N–H and O–H groups in total. The molecule has 0 aliphatic carbocycles. The highest BCUT2D eigenvalue weighted by Gasteiger charge is 2.26. The summed E-state index contributed by atoms with van der Waals surface area (Å²) in [5.41, 5.74) is 1.87. The first-order chi connectivity index (χ1) is 10.5. The van der Waals surface area contributed by atoms with Gasteiger partial charge in [0.05, 0.1) is 0 Å². The normalized spacial score (nSPS) is 13.7. The third kappa shape index (κ3) is 3.84. The summed E-state index contributed by atoms with van der Waals surface area (Å²) in [4.78, 5) is 37.8. The SMILES string of the molecule is CN(CCCC(=O)O)C(=O)CN1C(=O)CCc2ccccc21. The summed E-state index contributed by atoms with van der Waals surface area (Å²) in [7, 11) is 1.63. The molecule has 22 heavy (non-hydrogen) atoms. The number of nitrogens with zero attached hydrogens (tertiary/aromatic N) is 2. The molecule has 1 heterocycles. The van der Waals surface area contributed by atoms with Crippen molar-refractivity contribution < 1.29 is 19.5 Å². The topological polar surface area (TPSA) is 77.9 Å². The summed E-state index contributed by atoms with van der Waals surface area (Å²) < 4.78 is 0. The highest BCUT2D eigenvalue weighted by molar-refractivity contribution is 6.00. The first-order valence-corrected chi connectivity index (χ1v) is 7.33. The van der Waals surface area contributed by atoms with Gasteiger partial charge in [0.15, 0.2) is 0 Å². The summed E-state index contributed by atoms with van der Waals surface area (Å²) in [6.07, 6.45) is 1.55. The standard InChI is InChI=1S/C16H20N2O4/c1-17(10-4-7-16(21)22)15(20)11-18-13-6-3-2-5-12(13)8-9-14(18)19/h2-3,5-6H,4,7-11H2,1H3,(H,21,22). The lowest BCUT2D eigenvalue weighted by Crippen LogP contribution is -2.43. The number of carboxylic acids is 1. The van der Waals surface area contributed by atoms with Crippen LogP contribution < -0.4 is 4.90 Å². The fraction of sp³-hybridized carbons (Fsp3) is 0.438. The number of para-hydroxylation sites is 1. The van der Waals surface area contributed by atoms with Crippen molar-refractivity contribution in [1.29, 1.82) is 0 Å². The lowest BCUT2D eigenvalue weighted by Gasteiger charge is -2.30. The van der Waals surface area contributed by atoms with Crippen LogP contribution in [0.2, 0.25) is 0 Å². The number of amides is 2. The van der Waals surface area contributed by atoms with Gasteiger partial charge in [-0.1, -0.05) is 18.2 Å². The first-order valence-electron chi connectivity index (χ1n) is 7.33. The second-order valence-corrected chi connectivity index (χ2v) is 5.42. The van der Waals surface area contributed by atoms with E-state index in [-0.39, 0.29) is 24.8 Å². The Hall–Kier alpha value is -2.37. The van der Waals surface area contributed by atoms with Gasteiger partial charge in [0.2, 0.25) is 11.8 Å². The Balaban J connectivity index is 1.99. The zero-order valence-corrected chi connectivity index (χ0v) is 12.6. The molecule has 0 unspecified atom stereocenters. The van der Waals surface area contributed by atoms with Crippen LogP contribution in [0.3, 0.4) is 0 Å². The maximum atomic E-state index is 12.2. The number of likely N-dealkylation sites (N-methyl/N-ethyl adjacent to an activating group) is 1. The summed E-state index contributed by atoms with van der Waals surface area (Å²) in [5, 5.41) is 8.61. The van der Waals surface area contributed by atoms with E-state index in [0.29, 0.717) is 25.8 Å². The van der Waals surface area contributed by atoms with Crippen molar-refractivity contribution in [3.8, 4) is 0 Å². The maximum Gasteiger partial charge on any atom is 0.303 e. The lowest BCUT2D eigenvalue weighted by atomic mass is 10.0. The van der Waals surface area contributed by atoms with Crippen molar-refractivity contribution in [2.45, 2.75) is 25.7 Å². The smallest absolute Gasteiger partial charge is 0.303 e. The Morgan fingerprint density at radius 3 is 2.73 bits per heavy atom. The molecule has 1 aromatic carbocycles. The number of hydrogen-bond acceptors (Lipinski definition) is 3. The minimum Gasteiger partial charge on any atom is -0.481 e. The number of rotatable bonds is 6. The summed E-state index contributed by atoms with van der Waals surface area (Å²) in [5.74, 6) is -1.11. The zero-order valence-electron chi connectivity index (χ0n) is 12.6. The van der Waals surface area contributed by atoms with E-state index in [0.717, 1.165) is 11.3 Å². The van der Waals surface area contributed by atoms with Crippen LogP contribution in [0.4, 0.5) is 5.69 Å². The number of benzene rings is 1. The van der Waals surface area contributed by atoms with Crippen LogP contribution in [-0.4, -0.2) is 47.9 Å². The van der Waals surface area contributed by atoms with E-state index in [4.69, 9.17) is 5.11 Å². The Kier molecular flexibility index (Phi) is 5.14. The molecule has 1 aliphatic heterocycles. The van der Waals surface area contributed by atoms with Crippen molar-refractivity contribution in [2.75, 3.05) is 25.0 Å². The number of carbonyl (C=O) groups excluding carboxylic acids is 2. The van der Waals surface area contributed by atoms with Crippen LogP contribution in [0.5, 0.6) is 0 Å². The maximum absolute atomic E-state index is 12.2. The number of aliphatic carboxylic acids is 1. The van der Waals surface area contributed by atoms with Crippen molar-refractivity contribution in [1.82, 2.24) is 4.90 Å². The molecule has 0 aromatic heterocycles. The Morgan fingerprint density at radius 1 is 1.27 bits per heavy atom. The van der Waals surface area contributed by atoms with E-state index in [1.165, 1.54) is 9.80 Å². The quantitative estimate of drug-likeness (QED) is 0.859. The first kappa shape index (κ1) is 16.0. The fourth-order valence-corrected chi connectivity index (χ4v) is 2.52. The molecule has 118 valence electrons. The van der Waals surface area contributed by atoms with E-state index in [1.54, 1.807) is 7.05 Å². The van der Waals surface area contributed by atoms with Crippen molar-refractivity contribution in [3.05, 3.63) is 29.8 Å². The van der Waals surface area contributed by atoms with Gasteiger partial charge in [-0.3, -0.25) is 14.4 Å². The predicted octanol–water partition coefficient (Wildman–Crippen LogP) is 1.29. The van der Waals surface area contributed by atoms with Gasteiger partial charge in [0, 0.05) is 32.1 Å². The monoisotopic (exact) mass is 304 g/mol. The molecule has 0 atom stereocenters.